The normalized spacial score (nSPS) is 12.6. The van der Waals surface area contributed by atoms with E-state index in [-0.39, 0.29) is 11.5 Å². The second kappa shape index (κ2) is 8.55. The van der Waals surface area contributed by atoms with Crippen molar-refractivity contribution in [1.82, 2.24) is 9.13 Å². The largest absolute Gasteiger partial charge is 0.508 e. The topological polar surface area (TPSA) is 88.8 Å². The summed E-state index contributed by atoms with van der Waals surface area (Å²) >= 11 is 0. The van der Waals surface area contributed by atoms with Crippen LogP contribution < -0.4 is 15.6 Å². The number of phenolic OH excluding ortho intramolecular Hbond substituents is 2. The number of anilines is 2. The van der Waals surface area contributed by atoms with E-state index < -0.39 is 0 Å². The van der Waals surface area contributed by atoms with Gasteiger partial charge in [0, 0.05) is 33.7 Å². The van der Waals surface area contributed by atoms with Crippen LogP contribution in [0.1, 0.15) is 0 Å². The highest BCUT2D eigenvalue weighted by Gasteiger charge is 2.25. The van der Waals surface area contributed by atoms with Crippen molar-refractivity contribution in [3.8, 4) is 34.4 Å². The second-order valence-electron chi connectivity index (χ2n) is 10.9. The minimum absolute atomic E-state index is 0.165. The Morgan fingerprint density at radius 2 is 0.907 bits per heavy atom. The fourth-order valence-corrected chi connectivity index (χ4v) is 6.57. The summed E-state index contributed by atoms with van der Waals surface area (Å²) in [5, 5.41) is 26.2. The lowest BCUT2D eigenvalue weighted by Gasteiger charge is -2.30. The summed E-state index contributed by atoms with van der Waals surface area (Å²) in [5.74, 6) is 8.29. The number of rotatable bonds is 2. The minimum atomic E-state index is 0.165. The lowest BCUT2D eigenvalue weighted by atomic mass is 10.1. The van der Waals surface area contributed by atoms with Gasteiger partial charge in [-0.2, -0.15) is 0 Å². The lowest BCUT2D eigenvalue weighted by molar-refractivity contribution is 0.473. The third-order valence-corrected chi connectivity index (χ3v) is 8.45. The van der Waals surface area contributed by atoms with Crippen LogP contribution in [-0.2, 0) is 0 Å². The van der Waals surface area contributed by atoms with Crippen molar-refractivity contribution in [2.75, 3.05) is 5.01 Å². The first-order chi connectivity index (χ1) is 21.0. The molecule has 1 aliphatic heterocycles. The van der Waals surface area contributed by atoms with Gasteiger partial charge in [-0.25, -0.2) is 5.84 Å². The van der Waals surface area contributed by atoms with Crippen LogP contribution in [0.15, 0.2) is 121 Å². The van der Waals surface area contributed by atoms with Gasteiger partial charge in [-0.05, 0) is 72.8 Å². The molecule has 1 aliphatic rings. The predicted octanol–water partition coefficient (Wildman–Crippen LogP) is 8.41. The van der Waals surface area contributed by atoms with Crippen molar-refractivity contribution < 1.29 is 14.9 Å². The lowest BCUT2D eigenvalue weighted by Crippen LogP contribution is -2.28. The molecular formula is C36H24N4O3. The van der Waals surface area contributed by atoms with Crippen molar-refractivity contribution in [2.24, 2.45) is 5.84 Å². The van der Waals surface area contributed by atoms with Crippen molar-refractivity contribution in [3.63, 3.8) is 0 Å². The molecule has 0 amide bonds. The van der Waals surface area contributed by atoms with Crippen LogP contribution in [0.2, 0.25) is 0 Å². The van der Waals surface area contributed by atoms with E-state index in [1.807, 2.05) is 42.5 Å². The quantitative estimate of drug-likeness (QED) is 0.185. The number of ether oxygens (including phenoxy) is 1. The summed E-state index contributed by atoms with van der Waals surface area (Å²) in [4.78, 5) is 0. The van der Waals surface area contributed by atoms with Gasteiger partial charge in [0.15, 0.2) is 11.5 Å². The van der Waals surface area contributed by atoms with E-state index in [1.54, 1.807) is 29.3 Å². The number of benzene rings is 6. The third-order valence-electron chi connectivity index (χ3n) is 8.45. The average Bonchev–Trinajstić information content (AvgIpc) is 3.53. The van der Waals surface area contributed by atoms with Crippen molar-refractivity contribution in [2.45, 2.75) is 0 Å². The molecule has 8 aromatic rings. The van der Waals surface area contributed by atoms with Gasteiger partial charge < -0.3 is 24.1 Å². The Balaban J connectivity index is 1.20. The molecule has 0 unspecified atom stereocenters. The molecule has 0 bridgehead atoms. The first-order valence-electron chi connectivity index (χ1n) is 14.0. The summed E-state index contributed by atoms with van der Waals surface area (Å²) in [6.45, 7) is 0. The van der Waals surface area contributed by atoms with Gasteiger partial charge in [-0.1, -0.05) is 36.4 Å². The maximum Gasteiger partial charge on any atom is 0.154 e. The van der Waals surface area contributed by atoms with Gasteiger partial charge in [0.25, 0.3) is 0 Å². The first kappa shape index (κ1) is 23.8. The molecule has 9 rings (SSSR count). The molecule has 6 aromatic carbocycles. The fourth-order valence-electron chi connectivity index (χ4n) is 6.57. The van der Waals surface area contributed by atoms with E-state index in [2.05, 4.69) is 63.7 Å². The molecular weight excluding hydrogens is 536 g/mol. The first-order valence-corrected chi connectivity index (χ1v) is 14.0. The van der Waals surface area contributed by atoms with Crippen LogP contribution >= 0.6 is 0 Å². The van der Waals surface area contributed by atoms with E-state index in [4.69, 9.17) is 10.6 Å². The SMILES string of the molecule is NN1c2ccc(-n3c4ccccc4c4ccccc43)cc2Oc2cc(-n3c4ccc(O)cc4c4cc(O)ccc43)ccc21. The van der Waals surface area contributed by atoms with Gasteiger partial charge in [0.05, 0.1) is 33.4 Å². The molecule has 4 N–H and O–H groups in total. The number of fused-ring (bicyclic) bond motifs is 8. The summed E-state index contributed by atoms with van der Waals surface area (Å²) in [7, 11) is 0. The molecule has 0 saturated carbocycles. The molecule has 7 heteroatoms. The van der Waals surface area contributed by atoms with E-state index >= 15 is 0 Å². The minimum Gasteiger partial charge on any atom is -0.508 e. The van der Waals surface area contributed by atoms with Crippen molar-refractivity contribution in [3.05, 3.63) is 121 Å². The third kappa shape index (κ3) is 3.34. The molecule has 0 radical (unpaired) electrons. The molecule has 3 heterocycles. The maximum atomic E-state index is 10.2. The van der Waals surface area contributed by atoms with Gasteiger partial charge in [-0.3, -0.25) is 5.01 Å². The van der Waals surface area contributed by atoms with E-state index in [9.17, 15) is 10.2 Å². The molecule has 206 valence electrons. The number of aromatic hydroxyl groups is 2. The van der Waals surface area contributed by atoms with Gasteiger partial charge >= 0.3 is 0 Å². The zero-order valence-electron chi connectivity index (χ0n) is 22.8. The smallest absolute Gasteiger partial charge is 0.154 e. The van der Waals surface area contributed by atoms with Gasteiger partial charge in [0.2, 0.25) is 0 Å². The Hall–Kier alpha value is -5.92. The number of aromatic nitrogens is 2. The number of nitrogens with two attached hydrogens (primary N) is 1. The standard InChI is InChI=1S/C36H24N4O3/c37-40-33-13-9-21(38-29-7-3-1-5-25(29)26-6-2-4-8-30(26)38)17-35(33)43-36-18-22(10-14-34(36)40)39-31-15-11-23(41)19-27(31)28-20-24(42)12-16-32(28)39/h1-20,41-42H,37H2. The summed E-state index contributed by atoms with van der Waals surface area (Å²) < 4.78 is 10.9. The Bertz CT molecular complexity index is 2330. The Morgan fingerprint density at radius 3 is 1.40 bits per heavy atom. The Kier molecular flexibility index (Phi) is 4.72. The molecule has 0 atom stereocenters. The average molecular weight is 561 g/mol. The highest BCUT2D eigenvalue weighted by molar-refractivity contribution is 6.11. The summed E-state index contributed by atoms with van der Waals surface area (Å²) in [5.41, 5.74) is 7.40. The summed E-state index contributed by atoms with van der Waals surface area (Å²) in [6.07, 6.45) is 0. The number of phenols is 2. The zero-order valence-corrected chi connectivity index (χ0v) is 22.8. The fraction of sp³-hybridized carbons (Fsp3) is 0. The molecule has 2 aromatic heterocycles. The number of hydrogen-bond donors (Lipinski definition) is 3. The maximum absolute atomic E-state index is 10.2. The van der Waals surface area contributed by atoms with Crippen molar-refractivity contribution in [1.29, 1.82) is 0 Å². The van der Waals surface area contributed by atoms with Crippen LogP contribution in [0.25, 0.3) is 55.0 Å². The monoisotopic (exact) mass is 560 g/mol. The molecule has 0 spiro atoms. The van der Waals surface area contributed by atoms with Crippen molar-refractivity contribution >= 4 is 55.0 Å². The van der Waals surface area contributed by atoms with Crippen LogP contribution in [-0.4, -0.2) is 19.3 Å². The highest BCUT2D eigenvalue weighted by Crippen LogP contribution is 2.47. The van der Waals surface area contributed by atoms with E-state index in [1.165, 1.54) is 10.8 Å². The molecule has 43 heavy (non-hydrogen) atoms. The highest BCUT2D eigenvalue weighted by atomic mass is 16.5. The number of hydrogen-bond acceptors (Lipinski definition) is 5. The Morgan fingerprint density at radius 1 is 0.465 bits per heavy atom. The van der Waals surface area contributed by atoms with Crippen LogP contribution in [0.5, 0.6) is 23.0 Å². The number of hydrazine groups is 1. The number of nitrogens with zero attached hydrogens (tertiary/aromatic N) is 3. The molecule has 0 fully saturated rings. The number of para-hydroxylation sites is 2. The predicted molar refractivity (Wildman–Crippen MR) is 171 cm³/mol. The molecule has 0 aliphatic carbocycles. The van der Waals surface area contributed by atoms with Gasteiger partial charge in [-0.15, -0.1) is 0 Å². The molecule has 0 saturated heterocycles. The Labute approximate surface area is 245 Å². The zero-order chi connectivity index (χ0) is 28.8. The van der Waals surface area contributed by atoms with Crippen LogP contribution in [0.4, 0.5) is 11.4 Å². The van der Waals surface area contributed by atoms with Gasteiger partial charge in [0.1, 0.15) is 22.9 Å². The van der Waals surface area contributed by atoms with E-state index in [0.29, 0.717) is 11.5 Å². The van der Waals surface area contributed by atoms with Crippen LogP contribution in [0.3, 0.4) is 0 Å². The van der Waals surface area contributed by atoms with Crippen LogP contribution in [0, 0.1) is 0 Å². The van der Waals surface area contributed by atoms with E-state index in [0.717, 1.165) is 55.6 Å². The summed E-state index contributed by atoms with van der Waals surface area (Å²) in [6, 6.07) is 39.4. The second-order valence-corrected chi connectivity index (χ2v) is 10.9. The molecule has 7 nitrogen and oxygen atoms in total.